The van der Waals surface area contributed by atoms with Crippen LogP contribution < -0.4 is 15.6 Å². The van der Waals surface area contributed by atoms with E-state index in [1.807, 2.05) is 25.1 Å². The third kappa shape index (κ3) is 6.05. The van der Waals surface area contributed by atoms with Crippen molar-refractivity contribution in [2.45, 2.75) is 19.8 Å². The molecule has 0 unspecified atom stereocenters. The molecule has 0 spiro atoms. The molecule has 0 aliphatic carbocycles. The summed E-state index contributed by atoms with van der Waals surface area (Å²) >= 11 is 5.85. The molecule has 0 aliphatic rings. The molecule has 8 nitrogen and oxygen atoms in total. The molecule has 2 aromatic carbocycles. The predicted molar refractivity (Wildman–Crippen MR) is 106 cm³/mol. The van der Waals surface area contributed by atoms with Gasteiger partial charge in [0.15, 0.2) is 6.61 Å². The van der Waals surface area contributed by atoms with Crippen LogP contribution in [0.4, 0.5) is 0 Å². The number of hydrogen-bond donors (Lipinski definition) is 2. The smallest absolute Gasteiger partial charge is 0.276 e. The Kier molecular flexibility index (Phi) is 6.80. The first-order valence-electron chi connectivity index (χ1n) is 8.86. The number of para-hydroxylation sites is 1. The Balaban J connectivity index is 1.39. The van der Waals surface area contributed by atoms with Crippen LogP contribution in [0.15, 0.2) is 53.1 Å². The van der Waals surface area contributed by atoms with Gasteiger partial charge in [-0.25, -0.2) is 0 Å². The molecule has 1 heterocycles. The second kappa shape index (κ2) is 9.70. The Hall–Kier alpha value is -3.39. The molecule has 2 amide bonds. The molecule has 0 fully saturated rings. The van der Waals surface area contributed by atoms with E-state index in [4.69, 9.17) is 20.9 Å². The maximum atomic E-state index is 11.9. The molecular weight excluding hydrogens is 396 g/mol. The maximum absolute atomic E-state index is 11.9. The second-order valence-corrected chi connectivity index (χ2v) is 6.61. The van der Waals surface area contributed by atoms with E-state index < -0.39 is 5.91 Å². The van der Waals surface area contributed by atoms with E-state index in [0.29, 0.717) is 22.5 Å². The van der Waals surface area contributed by atoms with Crippen molar-refractivity contribution >= 4 is 23.4 Å². The van der Waals surface area contributed by atoms with Crippen LogP contribution in [-0.2, 0) is 16.0 Å². The van der Waals surface area contributed by atoms with Crippen LogP contribution in [-0.4, -0.2) is 28.6 Å². The van der Waals surface area contributed by atoms with Gasteiger partial charge in [0.25, 0.3) is 5.91 Å². The summed E-state index contributed by atoms with van der Waals surface area (Å²) in [6, 6.07) is 14.4. The lowest BCUT2D eigenvalue weighted by molar-refractivity contribution is -0.130. The number of benzene rings is 2. The van der Waals surface area contributed by atoms with Gasteiger partial charge in [-0.05, 0) is 42.8 Å². The van der Waals surface area contributed by atoms with E-state index in [0.717, 1.165) is 11.1 Å². The number of aromatic nitrogens is 2. The molecule has 0 bridgehead atoms. The first-order chi connectivity index (χ1) is 14.0. The summed E-state index contributed by atoms with van der Waals surface area (Å²) in [5.74, 6) is 0.491. The van der Waals surface area contributed by atoms with Crippen molar-refractivity contribution in [3.05, 3.63) is 65.0 Å². The molecule has 0 saturated carbocycles. The highest BCUT2D eigenvalue weighted by molar-refractivity contribution is 6.30. The topological polar surface area (TPSA) is 106 Å². The standard InChI is InChI=1S/C20H19ClN4O4/c1-13-4-2-3-5-16(13)28-12-18(27)24-23-17(26)10-11-19-22-20(25-29-19)14-6-8-15(21)9-7-14/h2-9H,10-12H2,1H3,(H,23,26)(H,24,27). The number of aryl methyl sites for hydroxylation is 2. The van der Waals surface area contributed by atoms with Crippen LogP contribution in [0.3, 0.4) is 0 Å². The zero-order valence-corrected chi connectivity index (χ0v) is 16.4. The average Bonchev–Trinajstić information content (AvgIpc) is 3.19. The van der Waals surface area contributed by atoms with Crippen LogP contribution in [0.1, 0.15) is 17.9 Å². The van der Waals surface area contributed by atoms with Gasteiger partial charge >= 0.3 is 0 Å². The number of hydrazine groups is 1. The van der Waals surface area contributed by atoms with Crippen molar-refractivity contribution in [2.75, 3.05) is 6.61 Å². The molecule has 1 aromatic heterocycles. The van der Waals surface area contributed by atoms with Gasteiger partial charge in [0.1, 0.15) is 5.75 Å². The Labute approximate surface area is 172 Å². The Morgan fingerprint density at radius 1 is 1.07 bits per heavy atom. The van der Waals surface area contributed by atoms with Gasteiger partial charge in [0.2, 0.25) is 17.6 Å². The highest BCUT2D eigenvalue weighted by Gasteiger charge is 2.12. The van der Waals surface area contributed by atoms with E-state index in [1.54, 1.807) is 30.3 Å². The van der Waals surface area contributed by atoms with Gasteiger partial charge in [-0.15, -0.1) is 0 Å². The molecule has 0 atom stereocenters. The normalized spacial score (nSPS) is 10.4. The van der Waals surface area contributed by atoms with Crippen LogP contribution in [0.5, 0.6) is 5.75 Å². The number of halogens is 1. The number of carbonyl (C=O) groups excluding carboxylic acids is 2. The highest BCUT2D eigenvalue weighted by atomic mass is 35.5. The monoisotopic (exact) mass is 414 g/mol. The Morgan fingerprint density at radius 3 is 2.55 bits per heavy atom. The summed E-state index contributed by atoms with van der Waals surface area (Å²) in [7, 11) is 0. The zero-order chi connectivity index (χ0) is 20.6. The third-order valence-electron chi connectivity index (χ3n) is 3.93. The van der Waals surface area contributed by atoms with E-state index >= 15 is 0 Å². The van der Waals surface area contributed by atoms with Crippen LogP contribution in [0.25, 0.3) is 11.4 Å². The molecule has 0 radical (unpaired) electrons. The Bertz CT molecular complexity index is 988. The molecule has 29 heavy (non-hydrogen) atoms. The van der Waals surface area contributed by atoms with Gasteiger partial charge in [0.05, 0.1) is 0 Å². The molecule has 9 heteroatoms. The molecule has 3 rings (SSSR count). The summed E-state index contributed by atoms with van der Waals surface area (Å²) in [4.78, 5) is 27.9. The summed E-state index contributed by atoms with van der Waals surface area (Å²) in [6.45, 7) is 1.67. The van der Waals surface area contributed by atoms with Gasteiger partial charge in [-0.3, -0.25) is 20.4 Å². The number of nitrogens with zero attached hydrogens (tertiary/aromatic N) is 2. The summed E-state index contributed by atoms with van der Waals surface area (Å²) < 4.78 is 10.6. The van der Waals surface area contributed by atoms with Crippen molar-refractivity contribution in [1.82, 2.24) is 21.0 Å². The SMILES string of the molecule is Cc1ccccc1OCC(=O)NNC(=O)CCc1nc(-c2ccc(Cl)cc2)no1. The molecule has 3 aromatic rings. The highest BCUT2D eigenvalue weighted by Crippen LogP contribution is 2.19. The van der Waals surface area contributed by atoms with Crippen molar-refractivity contribution in [3.63, 3.8) is 0 Å². The summed E-state index contributed by atoms with van der Waals surface area (Å²) in [6.07, 6.45) is 0.309. The van der Waals surface area contributed by atoms with Gasteiger partial charge < -0.3 is 9.26 Å². The van der Waals surface area contributed by atoms with E-state index in [1.165, 1.54) is 0 Å². The number of nitrogens with one attached hydrogen (secondary N) is 2. The lowest BCUT2D eigenvalue weighted by atomic mass is 10.2. The minimum Gasteiger partial charge on any atom is -0.483 e. The molecular formula is C20H19ClN4O4. The van der Waals surface area contributed by atoms with Crippen LogP contribution >= 0.6 is 11.6 Å². The van der Waals surface area contributed by atoms with Crippen molar-refractivity contribution in [3.8, 4) is 17.1 Å². The number of hydrogen-bond acceptors (Lipinski definition) is 6. The van der Waals surface area contributed by atoms with E-state index in [-0.39, 0.29) is 25.4 Å². The fraction of sp³-hybridized carbons (Fsp3) is 0.200. The van der Waals surface area contributed by atoms with Crippen molar-refractivity contribution < 1.29 is 18.8 Å². The van der Waals surface area contributed by atoms with Crippen molar-refractivity contribution in [2.24, 2.45) is 0 Å². The average molecular weight is 415 g/mol. The van der Waals surface area contributed by atoms with Gasteiger partial charge in [0, 0.05) is 23.4 Å². The lowest BCUT2D eigenvalue weighted by Crippen LogP contribution is -2.43. The summed E-state index contributed by atoms with van der Waals surface area (Å²) in [5, 5.41) is 4.49. The maximum Gasteiger partial charge on any atom is 0.276 e. The van der Waals surface area contributed by atoms with Gasteiger partial charge in [-0.2, -0.15) is 4.98 Å². The largest absolute Gasteiger partial charge is 0.483 e. The van der Waals surface area contributed by atoms with Gasteiger partial charge in [-0.1, -0.05) is 35.0 Å². The fourth-order valence-electron chi connectivity index (χ4n) is 2.39. The Morgan fingerprint density at radius 2 is 1.79 bits per heavy atom. The minimum atomic E-state index is -0.468. The minimum absolute atomic E-state index is 0.0706. The molecule has 150 valence electrons. The predicted octanol–water partition coefficient (Wildman–Crippen LogP) is 2.86. The quantitative estimate of drug-likeness (QED) is 0.576. The first kappa shape index (κ1) is 20.3. The molecule has 2 N–H and O–H groups in total. The number of amides is 2. The number of ether oxygens (including phenoxy) is 1. The zero-order valence-electron chi connectivity index (χ0n) is 15.6. The fourth-order valence-corrected chi connectivity index (χ4v) is 2.52. The number of rotatable bonds is 7. The first-order valence-corrected chi connectivity index (χ1v) is 9.23. The van der Waals surface area contributed by atoms with Crippen LogP contribution in [0.2, 0.25) is 5.02 Å². The molecule has 0 saturated heterocycles. The third-order valence-corrected chi connectivity index (χ3v) is 4.18. The van der Waals surface area contributed by atoms with E-state index in [2.05, 4.69) is 21.0 Å². The van der Waals surface area contributed by atoms with Crippen LogP contribution in [0, 0.1) is 6.92 Å². The second-order valence-electron chi connectivity index (χ2n) is 6.17. The summed E-state index contributed by atoms with van der Waals surface area (Å²) in [5.41, 5.74) is 6.30. The van der Waals surface area contributed by atoms with E-state index in [9.17, 15) is 9.59 Å². The number of carbonyl (C=O) groups is 2. The molecule has 0 aliphatic heterocycles. The van der Waals surface area contributed by atoms with Crippen molar-refractivity contribution in [1.29, 1.82) is 0 Å². The lowest BCUT2D eigenvalue weighted by Gasteiger charge is -2.09.